The molecule has 0 bridgehead atoms. The summed E-state index contributed by atoms with van der Waals surface area (Å²) in [6.45, 7) is 0. The van der Waals surface area contributed by atoms with Crippen LogP contribution >= 0.6 is 0 Å². The molecule has 3 aromatic rings. The Kier molecular flexibility index (Phi) is 6.25. The van der Waals surface area contributed by atoms with Gasteiger partial charge in [-0.3, -0.25) is 9.89 Å². The summed E-state index contributed by atoms with van der Waals surface area (Å²) in [6.07, 6.45) is 3.51. The fourth-order valence-corrected chi connectivity index (χ4v) is 3.63. The van der Waals surface area contributed by atoms with Crippen molar-refractivity contribution >= 4 is 12.0 Å². The molecule has 1 aliphatic carbocycles. The van der Waals surface area contributed by atoms with Gasteiger partial charge in [-0.1, -0.05) is 23.8 Å². The zero-order chi connectivity index (χ0) is 22.6. The summed E-state index contributed by atoms with van der Waals surface area (Å²) < 4.78 is 43.6. The minimum Gasteiger partial charge on any atom is -0.439 e. The maximum atomic E-state index is 12.7. The zero-order valence-corrected chi connectivity index (χ0v) is 17.0. The lowest BCUT2D eigenvalue weighted by atomic mass is 9.89. The van der Waals surface area contributed by atoms with Crippen molar-refractivity contribution in [2.75, 3.05) is 0 Å². The number of H-pyrrole nitrogens is 1. The Morgan fingerprint density at radius 3 is 2.81 bits per heavy atom. The summed E-state index contributed by atoms with van der Waals surface area (Å²) in [5.41, 5.74) is 1.65. The fourth-order valence-electron chi connectivity index (χ4n) is 3.63. The third-order valence-corrected chi connectivity index (χ3v) is 5.14. The van der Waals surface area contributed by atoms with Crippen LogP contribution in [0, 0.1) is 0 Å². The van der Waals surface area contributed by atoms with E-state index in [4.69, 9.17) is 4.74 Å². The van der Waals surface area contributed by atoms with Gasteiger partial charge in [-0.05, 0) is 55.5 Å². The highest BCUT2D eigenvalue weighted by Crippen LogP contribution is 2.31. The Morgan fingerprint density at radius 1 is 1.22 bits per heavy atom. The smallest absolute Gasteiger partial charge is 0.417 e. The average Bonchev–Trinajstić information content (AvgIpc) is 3.29. The molecule has 2 N–H and O–H groups in total. The van der Waals surface area contributed by atoms with Crippen molar-refractivity contribution in [2.24, 2.45) is 0 Å². The quantitative estimate of drug-likeness (QED) is 0.557. The molecule has 1 amide bonds. The minimum atomic E-state index is -4.44. The Morgan fingerprint density at radius 2 is 2.09 bits per heavy atom. The molecule has 2 aromatic heterocycles. The van der Waals surface area contributed by atoms with E-state index in [9.17, 15) is 18.0 Å². The predicted molar refractivity (Wildman–Crippen MR) is 112 cm³/mol. The van der Waals surface area contributed by atoms with Crippen LogP contribution in [0.4, 0.5) is 13.2 Å². The van der Waals surface area contributed by atoms with Gasteiger partial charge in [0.25, 0.3) is 5.91 Å². The summed E-state index contributed by atoms with van der Waals surface area (Å²) in [5, 5.41) is 9.56. The Labute approximate surface area is 182 Å². The van der Waals surface area contributed by atoms with E-state index in [1.807, 2.05) is 12.1 Å². The summed E-state index contributed by atoms with van der Waals surface area (Å²) >= 11 is 0. The van der Waals surface area contributed by atoms with Gasteiger partial charge >= 0.3 is 6.18 Å². The maximum absolute atomic E-state index is 12.7. The van der Waals surface area contributed by atoms with Crippen molar-refractivity contribution < 1.29 is 22.7 Å². The lowest BCUT2D eigenvalue weighted by Gasteiger charge is -2.25. The number of carbonyl (C=O) groups excluding carboxylic acids is 1. The Balaban J connectivity index is 1.40. The van der Waals surface area contributed by atoms with Crippen molar-refractivity contribution in [1.82, 2.24) is 20.5 Å². The van der Waals surface area contributed by atoms with Crippen molar-refractivity contribution in [1.29, 1.82) is 0 Å². The SMILES string of the molecule is O=C(NC1CCCC(=Cc2cccc(Oc3ccc(C(F)(F)F)cn3)c2)C1)c1cc[nH]n1. The number of nitrogens with one attached hydrogen (secondary N) is 2. The van der Waals surface area contributed by atoms with Crippen LogP contribution in [0.1, 0.15) is 47.3 Å². The largest absolute Gasteiger partial charge is 0.439 e. The monoisotopic (exact) mass is 442 g/mol. The molecule has 1 aliphatic rings. The first-order valence-corrected chi connectivity index (χ1v) is 10.2. The van der Waals surface area contributed by atoms with E-state index in [1.165, 1.54) is 11.6 Å². The number of pyridine rings is 1. The van der Waals surface area contributed by atoms with E-state index in [-0.39, 0.29) is 17.8 Å². The molecule has 1 fully saturated rings. The molecule has 1 saturated carbocycles. The van der Waals surface area contributed by atoms with Gasteiger partial charge in [0, 0.05) is 24.5 Å². The number of amides is 1. The van der Waals surface area contributed by atoms with Crippen molar-refractivity contribution in [3.63, 3.8) is 0 Å². The van der Waals surface area contributed by atoms with Crippen LogP contribution in [-0.2, 0) is 6.18 Å². The molecule has 6 nitrogen and oxygen atoms in total. The predicted octanol–water partition coefficient (Wildman–Crippen LogP) is 5.37. The average molecular weight is 442 g/mol. The lowest BCUT2D eigenvalue weighted by molar-refractivity contribution is -0.137. The van der Waals surface area contributed by atoms with Gasteiger partial charge in [-0.15, -0.1) is 0 Å². The summed E-state index contributed by atoms with van der Waals surface area (Å²) in [7, 11) is 0. The van der Waals surface area contributed by atoms with Crippen LogP contribution in [-0.4, -0.2) is 27.1 Å². The number of hydrogen-bond donors (Lipinski definition) is 2. The van der Waals surface area contributed by atoms with E-state index >= 15 is 0 Å². The Bertz CT molecular complexity index is 1090. The number of hydrogen-bond acceptors (Lipinski definition) is 4. The van der Waals surface area contributed by atoms with E-state index < -0.39 is 11.7 Å². The number of alkyl halides is 3. The highest BCUT2D eigenvalue weighted by atomic mass is 19.4. The van der Waals surface area contributed by atoms with Crippen LogP contribution in [0.2, 0.25) is 0 Å². The number of halogens is 3. The van der Waals surface area contributed by atoms with Gasteiger partial charge < -0.3 is 10.1 Å². The molecule has 0 aliphatic heterocycles. The number of carbonyl (C=O) groups is 1. The molecule has 1 unspecified atom stereocenters. The molecule has 0 spiro atoms. The first kappa shape index (κ1) is 21.6. The molecule has 2 heterocycles. The third-order valence-electron chi connectivity index (χ3n) is 5.14. The topological polar surface area (TPSA) is 79.9 Å². The molecule has 1 aromatic carbocycles. The van der Waals surface area contributed by atoms with E-state index in [0.717, 1.165) is 43.5 Å². The molecule has 166 valence electrons. The number of aromatic amines is 1. The first-order valence-electron chi connectivity index (χ1n) is 10.2. The highest BCUT2D eigenvalue weighted by molar-refractivity contribution is 5.92. The van der Waals surface area contributed by atoms with Crippen LogP contribution in [0.5, 0.6) is 11.6 Å². The van der Waals surface area contributed by atoms with E-state index in [2.05, 4.69) is 26.6 Å². The molecule has 4 rings (SSSR count). The molecule has 32 heavy (non-hydrogen) atoms. The van der Waals surface area contributed by atoms with Crippen LogP contribution in [0.15, 0.2) is 60.4 Å². The normalized spacial score (nSPS) is 17.8. The Hall–Kier alpha value is -3.62. The third kappa shape index (κ3) is 5.54. The van der Waals surface area contributed by atoms with Crippen molar-refractivity contribution in [3.8, 4) is 11.6 Å². The fraction of sp³-hybridized carbons (Fsp3) is 0.261. The van der Waals surface area contributed by atoms with Gasteiger partial charge in [0.1, 0.15) is 11.4 Å². The summed E-state index contributed by atoms with van der Waals surface area (Å²) in [5.74, 6) is 0.365. The van der Waals surface area contributed by atoms with Crippen LogP contribution in [0.25, 0.3) is 6.08 Å². The van der Waals surface area contributed by atoms with Gasteiger partial charge in [0.15, 0.2) is 0 Å². The number of benzene rings is 1. The molecule has 1 atom stereocenters. The van der Waals surface area contributed by atoms with Gasteiger partial charge in [-0.2, -0.15) is 18.3 Å². The summed E-state index contributed by atoms with van der Waals surface area (Å²) in [4.78, 5) is 16.0. The molecule has 0 radical (unpaired) electrons. The second-order valence-electron chi connectivity index (χ2n) is 7.59. The standard InChI is InChI=1S/C23H21F3N4O2/c24-23(25,26)17-7-8-21(27-14-17)32-19-6-2-4-16(13-19)11-15-3-1-5-18(12-15)29-22(31)20-9-10-28-30-20/h2,4,6-11,13-14,18H,1,3,5,12H2,(H,28,30)(H,29,31). The van der Waals surface area contributed by atoms with E-state index in [1.54, 1.807) is 24.4 Å². The molecule has 9 heteroatoms. The van der Waals surface area contributed by atoms with Crippen molar-refractivity contribution in [3.05, 3.63) is 77.3 Å². The first-order chi connectivity index (χ1) is 15.4. The zero-order valence-electron chi connectivity index (χ0n) is 17.0. The number of aromatic nitrogens is 3. The van der Waals surface area contributed by atoms with E-state index in [0.29, 0.717) is 11.4 Å². The number of rotatable bonds is 5. The van der Waals surface area contributed by atoms with Crippen LogP contribution in [0.3, 0.4) is 0 Å². The lowest BCUT2D eigenvalue weighted by Crippen LogP contribution is -2.36. The second-order valence-corrected chi connectivity index (χ2v) is 7.59. The summed E-state index contributed by atoms with van der Waals surface area (Å²) in [6, 6.07) is 11.1. The van der Waals surface area contributed by atoms with Crippen LogP contribution < -0.4 is 10.1 Å². The minimum absolute atomic E-state index is 0.0370. The molecule has 0 saturated heterocycles. The highest BCUT2D eigenvalue weighted by Gasteiger charge is 2.30. The maximum Gasteiger partial charge on any atom is 0.417 e. The second kappa shape index (κ2) is 9.25. The number of ether oxygens (including phenoxy) is 1. The van der Waals surface area contributed by atoms with Gasteiger partial charge in [-0.25, -0.2) is 4.98 Å². The van der Waals surface area contributed by atoms with Crippen molar-refractivity contribution in [2.45, 2.75) is 37.9 Å². The molecular weight excluding hydrogens is 421 g/mol. The van der Waals surface area contributed by atoms with Gasteiger partial charge in [0.2, 0.25) is 5.88 Å². The number of nitrogens with zero attached hydrogens (tertiary/aromatic N) is 2. The molecular formula is C23H21F3N4O2. The van der Waals surface area contributed by atoms with Gasteiger partial charge in [0.05, 0.1) is 5.56 Å².